The monoisotopic (exact) mass is 359 g/mol. The number of hydrogen-bond donors (Lipinski definition) is 1. The highest BCUT2D eigenvalue weighted by molar-refractivity contribution is 5.85. The zero-order chi connectivity index (χ0) is 18.6. The quantitative estimate of drug-likeness (QED) is 0.542. The van der Waals surface area contributed by atoms with E-state index >= 15 is 0 Å². The van der Waals surface area contributed by atoms with Gasteiger partial charge in [-0.1, -0.05) is 36.4 Å². The van der Waals surface area contributed by atoms with Crippen LogP contribution < -0.4 is 9.47 Å². The van der Waals surface area contributed by atoms with Crippen LogP contribution in [0.3, 0.4) is 0 Å². The molecule has 0 radical (unpaired) electrons. The number of ether oxygens (including phenoxy) is 2. The summed E-state index contributed by atoms with van der Waals surface area (Å²) < 4.78 is 10.8. The van der Waals surface area contributed by atoms with Gasteiger partial charge in [-0.2, -0.15) is 0 Å². The van der Waals surface area contributed by atoms with Crippen LogP contribution >= 0.6 is 0 Å². The second-order valence-electron chi connectivity index (χ2n) is 6.15. The van der Waals surface area contributed by atoms with E-state index in [1.54, 1.807) is 24.4 Å². The topological polar surface area (TPSA) is 68.7 Å². The Morgan fingerprint density at radius 2 is 2.04 bits per heavy atom. The van der Waals surface area contributed by atoms with E-state index in [0.717, 1.165) is 27.8 Å². The van der Waals surface area contributed by atoms with Gasteiger partial charge in [-0.15, -0.1) is 0 Å². The Balaban J connectivity index is 1.83. The van der Waals surface area contributed by atoms with Crippen LogP contribution in [0.2, 0.25) is 0 Å². The first kappa shape index (κ1) is 16.8. The van der Waals surface area contributed by atoms with Crippen LogP contribution in [-0.2, 0) is 13.0 Å². The Morgan fingerprint density at radius 3 is 2.85 bits per heavy atom. The van der Waals surface area contributed by atoms with Crippen molar-refractivity contribution >= 4 is 11.7 Å². The molecule has 0 bridgehead atoms. The molecule has 1 aromatic heterocycles. The first-order valence-corrected chi connectivity index (χ1v) is 8.56. The first-order chi connectivity index (χ1) is 13.2. The van der Waals surface area contributed by atoms with E-state index in [0.29, 0.717) is 18.8 Å². The van der Waals surface area contributed by atoms with E-state index in [-0.39, 0.29) is 5.75 Å². The Bertz CT molecular complexity index is 1010. The van der Waals surface area contributed by atoms with E-state index in [9.17, 15) is 4.79 Å². The zero-order valence-electron chi connectivity index (χ0n) is 14.5. The maximum Gasteiger partial charge on any atom is 0.511 e. The van der Waals surface area contributed by atoms with Gasteiger partial charge >= 0.3 is 6.16 Å². The molecular weight excluding hydrogens is 342 g/mol. The van der Waals surface area contributed by atoms with Crippen LogP contribution in [0.5, 0.6) is 11.5 Å². The lowest BCUT2D eigenvalue weighted by molar-refractivity contribution is 0.144. The molecule has 0 unspecified atom stereocenters. The average molecular weight is 359 g/mol. The fourth-order valence-corrected chi connectivity index (χ4v) is 3.18. The summed E-state index contributed by atoms with van der Waals surface area (Å²) >= 11 is 0. The van der Waals surface area contributed by atoms with Gasteiger partial charge in [0, 0.05) is 18.0 Å². The van der Waals surface area contributed by atoms with Gasteiger partial charge in [0.15, 0.2) is 0 Å². The minimum absolute atomic E-state index is 0.261. The smallest absolute Gasteiger partial charge is 0.488 e. The van der Waals surface area contributed by atoms with E-state index in [1.807, 2.05) is 42.6 Å². The van der Waals surface area contributed by atoms with E-state index in [2.05, 4.69) is 11.1 Å². The van der Waals surface area contributed by atoms with Crippen LogP contribution in [0.15, 0.2) is 73.1 Å². The highest BCUT2D eigenvalue weighted by Gasteiger charge is 2.20. The molecule has 2 heterocycles. The highest BCUT2D eigenvalue weighted by Crippen LogP contribution is 2.38. The van der Waals surface area contributed by atoms with Crippen LogP contribution in [-0.4, -0.2) is 16.2 Å². The Labute approximate surface area is 156 Å². The Morgan fingerprint density at radius 1 is 1.15 bits per heavy atom. The molecule has 2 aromatic carbocycles. The number of hydrogen-bond acceptors (Lipinski definition) is 4. The maximum absolute atomic E-state index is 10.9. The SMILES string of the molecule is O=C(O)Oc1ccc2c(c1)C(=CCc1cccnc1)c1ccccc1CO2. The zero-order valence-corrected chi connectivity index (χ0v) is 14.5. The molecular formula is C22H17NO4. The van der Waals surface area contributed by atoms with Crippen molar-refractivity contribution in [2.45, 2.75) is 13.0 Å². The number of benzene rings is 2. The molecule has 1 aliphatic rings. The predicted molar refractivity (Wildman–Crippen MR) is 101 cm³/mol. The third kappa shape index (κ3) is 3.67. The van der Waals surface area contributed by atoms with Crippen molar-refractivity contribution in [2.24, 2.45) is 0 Å². The second kappa shape index (κ2) is 7.33. The average Bonchev–Trinajstić information content (AvgIpc) is 2.83. The normalized spacial score (nSPS) is 13.9. The molecule has 0 amide bonds. The molecule has 0 spiro atoms. The van der Waals surface area contributed by atoms with Gasteiger partial charge in [0.2, 0.25) is 0 Å². The van der Waals surface area contributed by atoms with Crippen LogP contribution in [0.1, 0.15) is 22.3 Å². The number of allylic oxidation sites excluding steroid dienone is 1. The third-order valence-corrected chi connectivity index (χ3v) is 4.40. The van der Waals surface area contributed by atoms with Gasteiger partial charge in [-0.05, 0) is 52.9 Å². The lowest BCUT2D eigenvalue weighted by Crippen LogP contribution is -2.03. The van der Waals surface area contributed by atoms with Crippen molar-refractivity contribution in [3.05, 3.63) is 95.3 Å². The summed E-state index contributed by atoms with van der Waals surface area (Å²) in [5.41, 5.74) is 5.02. The molecule has 5 heteroatoms. The van der Waals surface area contributed by atoms with Gasteiger partial charge < -0.3 is 14.6 Å². The molecule has 0 saturated carbocycles. The molecule has 1 N–H and O–H groups in total. The van der Waals surface area contributed by atoms with Crippen LogP contribution in [0, 0.1) is 0 Å². The molecule has 5 nitrogen and oxygen atoms in total. The molecule has 0 aliphatic carbocycles. The first-order valence-electron chi connectivity index (χ1n) is 8.56. The fraction of sp³-hybridized carbons (Fsp3) is 0.0909. The lowest BCUT2D eigenvalue weighted by atomic mass is 9.93. The van der Waals surface area contributed by atoms with Crippen molar-refractivity contribution in [3.8, 4) is 11.5 Å². The number of aromatic nitrogens is 1. The van der Waals surface area contributed by atoms with Crippen molar-refractivity contribution in [1.29, 1.82) is 0 Å². The van der Waals surface area contributed by atoms with E-state index in [1.165, 1.54) is 0 Å². The van der Waals surface area contributed by atoms with E-state index in [4.69, 9.17) is 14.6 Å². The van der Waals surface area contributed by atoms with Gasteiger partial charge in [0.05, 0.1) is 0 Å². The van der Waals surface area contributed by atoms with Crippen molar-refractivity contribution in [1.82, 2.24) is 4.98 Å². The predicted octanol–water partition coefficient (Wildman–Crippen LogP) is 4.71. The van der Waals surface area contributed by atoms with Crippen LogP contribution in [0.25, 0.3) is 5.57 Å². The Kier molecular flexibility index (Phi) is 4.58. The number of fused-ring (bicyclic) bond motifs is 2. The second-order valence-corrected chi connectivity index (χ2v) is 6.15. The van der Waals surface area contributed by atoms with Gasteiger partial charge in [-0.3, -0.25) is 4.98 Å². The summed E-state index contributed by atoms with van der Waals surface area (Å²) in [5.74, 6) is 0.956. The lowest BCUT2D eigenvalue weighted by Gasteiger charge is -2.12. The van der Waals surface area contributed by atoms with E-state index < -0.39 is 6.16 Å². The third-order valence-electron chi connectivity index (χ3n) is 4.40. The summed E-state index contributed by atoms with van der Waals surface area (Å²) in [6.45, 7) is 0.451. The maximum atomic E-state index is 10.9. The minimum atomic E-state index is -1.34. The highest BCUT2D eigenvalue weighted by atomic mass is 16.7. The molecule has 0 fully saturated rings. The molecule has 0 saturated heterocycles. The summed E-state index contributed by atoms with van der Waals surface area (Å²) in [7, 11) is 0. The van der Waals surface area contributed by atoms with Gasteiger partial charge in [-0.25, -0.2) is 4.79 Å². The number of pyridine rings is 1. The Hall–Kier alpha value is -3.60. The summed E-state index contributed by atoms with van der Waals surface area (Å²) in [6, 6.07) is 17.0. The van der Waals surface area contributed by atoms with Crippen molar-refractivity contribution < 1.29 is 19.4 Å². The van der Waals surface area contributed by atoms with Crippen LogP contribution in [0.4, 0.5) is 4.79 Å². The number of rotatable bonds is 3. The van der Waals surface area contributed by atoms with Gasteiger partial charge in [0.1, 0.15) is 18.1 Å². The largest absolute Gasteiger partial charge is 0.511 e. The molecule has 27 heavy (non-hydrogen) atoms. The molecule has 4 rings (SSSR count). The molecule has 134 valence electrons. The summed E-state index contributed by atoms with van der Waals surface area (Å²) in [5, 5.41) is 8.93. The molecule has 0 atom stereocenters. The van der Waals surface area contributed by atoms with Crippen molar-refractivity contribution in [3.63, 3.8) is 0 Å². The molecule has 1 aliphatic heterocycles. The standard InChI is InChI=1S/C22H17NO4/c24-22(25)27-17-8-10-21-20(12-17)19(9-7-15-4-3-11-23-13-15)18-6-2-1-5-16(18)14-26-21/h1-6,8-13H,7,14H2,(H,24,25). The number of carbonyl (C=O) groups is 1. The molecule has 3 aromatic rings. The summed E-state index contributed by atoms with van der Waals surface area (Å²) in [6.07, 6.45) is 5.05. The summed E-state index contributed by atoms with van der Waals surface area (Å²) in [4.78, 5) is 15.1. The number of nitrogens with zero attached hydrogens (tertiary/aromatic N) is 1. The van der Waals surface area contributed by atoms with Gasteiger partial charge in [0.25, 0.3) is 0 Å². The minimum Gasteiger partial charge on any atom is -0.488 e. The fourth-order valence-electron chi connectivity index (χ4n) is 3.18. The van der Waals surface area contributed by atoms with Crippen molar-refractivity contribution in [2.75, 3.05) is 0 Å². The number of carboxylic acid groups (broad SMARTS) is 1.